The van der Waals surface area contributed by atoms with Crippen LogP contribution < -0.4 is 0 Å². The second-order valence-electron chi connectivity index (χ2n) is 3.74. The molecule has 0 heterocycles. The number of esters is 1. The van der Waals surface area contributed by atoms with Crippen molar-refractivity contribution in [1.29, 1.82) is 0 Å². The molecule has 0 N–H and O–H groups in total. The maximum absolute atomic E-state index is 11.8. The van der Waals surface area contributed by atoms with Crippen LogP contribution in [-0.2, 0) is 4.74 Å². The van der Waals surface area contributed by atoms with Crippen LogP contribution in [0, 0.1) is 5.92 Å². The minimum Gasteiger partial charge on any atom is -0.465 e. The lowest BCUT2D eigenvalue weighted by atomic mass is 9.96. The van der Waals surface area contributed by atoms with Crippen molar-refractivity contribution in [2.75, 3.05) is 7.11 Å². The quantitative estimate of drug-likeness (QED) is 0.578. The van der Waals surface area contributed by atoms with Gasteiger partial charge >= 0.3 is 5.97 Å². The molecule has 0 aliphatic heterocycles. The smallest absolute Gasteiger partial charge is 0.337 e. The molecule has 86 valence electrons. The molecule has 0 fully saturated rings. The van der Waals surface area contributed by atoms with Crippen molar-refractivity contribution in [2.24, 2.45) is 5.92 Å². The van der Waals surface area contributed by atoms with Gasteiger partial charge in [-0.25, -0.2) is 4.79 Å². The number of carbonyl (C=O) groups excluding carboxylic acids is 2. The Labute approximate surface area is 95.4 Å². The number of hydrogen-bond donors (Lipinski definition) is 0. The summed E-state index contributed by atoms with van der Waals surface area (Å²) in [6.07, 6.45) is 0.817. The van der Waals surface area contributed by atoms with Gasteiger partial charge in [-0.05, 0) is 18.6 Å². The van der Waals surface area contributed by atoms with Gasteiger partial charge in [-0.15, -0.1) is 0 Å². The zero-order chi connectivity index (χ0) is 12.1. The standard InChI is InChI=1S/C13H16O3/c1-4-9(2)12(14)10-5-7-11(8-6-10)13(15)16-3/h5-9H,4H2,1-3H3. The summed E-state index contributed by atoms with van der Waals surface area (Å²) in [5.41, 5.74) is 1.10. The van der Waals surface area contributed by atoms with E-state index in [0.29, 0.717) is 11.1 Å². The van der Waals surface area contributed by atoms with Gasteiger partial charge in [-0.1, -0.05) is 26.0 Å². The Morgan fingerprint density at radius 3 is 2.12 bits per heavy atom. The van der Waals surface area contributed by atoms with Gasteiger partial charge in [0.1, 0.15) is 0 Å². The van der Waals surface area contributed by atoms with E-state index in [1.807, 2.05) is 13.8 Å². The van der Waals surface area contributed by atoms with E-state index >= 15 is 0 Å². The van der Waals surface area contributed by atoms with Crippen LogP contribution in [0.4, 0.5) is 0 Å². The third kappa shape index (κ3) is 2.69. The highest BCUT2D eigenvalue weighted by Crippen LogP contribution is 2.13. The molecule has 1 atom stereocenters. The average molecular weight is 220 g/mol. The van der Waals surface area contributed by atoms with Crippen LogP contribution in [0.15, 0.2) is 24.3 Å². The lowest BCUT2D eigenvalue weighted by Gasteiger charge is -2.07. The fourth-order valence-electron chi connectivity index (χ4n) is 1.36. The first-order valence-corrected chi connectivity index (χ1v) is 5.32. The van der Waals surface area contributed by atoms with Gasteiger partial charge in [0.2, 0.25) is 0 Å². The Kier molecular flexibility index (Phi) is 4.23. The Bertz CT molecular complexity index is 379. The highest BCUT2D eigenvalue weighted by atomic mass is 16.5. The lowest BCUT2D eigenvalue weighted by Crippen LogP contribution is -2.10. The SMILES string of the molecule is CCC(C)C(=O)c1ccc(C(=O)OC)cc1. The Hall–Kier alpha value is -1.64. The fraction of sp³-hybridized carbons (Fsp3) is 0.385. The van der Waals surface area contributed by atoms with Crippen LogP contribution in [0.25, 0.3) is 0 Å². The van der Waals surface area contributed by atoms with E-state index < -0.39 is 0 Å². The molecule has 1 unspecified atom stereocenters. The maximum atomic E-state index is 11.8. The number of hydrogen-bond acceptors (Lipinski definition) is 3. The summed E-state index contributed by atoms with van der Waals surface area (Å²) in [4.78, 5) is 23.0. The highest BCUT2D eigenvalue weighted by molar-refractivity contribution is 5.98. The topological polar surface area (TPSA) is 43.4 Å². The molecule has 0 aromatic heterocycles. The van der Waals surface area contributed by atoms with Crippen LogP contribution in [-0.4, -0.2) is 18.9 Å². The van der Waals surface area contributed by atoms with Gasteiger partial charge in [0.15, 0.2) is 5.78 Å². The number of benzene rings is 1. The molecule has 16 heavy (non-hydrogen) atoms. The normalized spacial score (nSPS) is 11.9. The van der Waals surface area contributed by atoms with E-state index in [0.717, 1.165) is 6.42 Å². The molecular formula is C13H16O3. The number of methoxy groups -OCH3 is 1. The third-order valence-corrected chi connectivity index (χ3v) is 2.65. The first-order chi connectivity index (χ1) is 7.60. The monoisotopic (exact) mass is 220 g/mol. The predicted molar refractivity (Wildman–Crippen MR) is 61.6 cm³/mol. The summed E-state index contributed by atoms with van der Waals surface area (Å²) < 4.78 is 4.58. The van der Waals surface area contributed by atoms with Crippen LogP contribution in [0.2, 0.25) is 0 Å². The van der Waals surface area contributed by atoms with Crippen molar-refractivity contribution >= 4 is 11.8 Å². The summed E-state index contributed by atoms with van der Waals surface area (Å²) >= 11 is 0. The van der Waals surface area contributed by atoms with E-state index in [-0.39, 0.29) is 17.7 Å². The molecule has 3 heteroatoms. The maximum Gasteiger partial charge on any atom is 0.337 e. The van der Waals surface area contributed by atoms with Gasteiger partial charge < -0.3 is 4.74 Å². The second-order valence-corrected chi connectivity index (χ2v) is 3.74. The van der Waals surface area contributed by atoms with Crippen molar-refractivity contribution in [3.05, 3.63) is 35.4 Å². The van der Waals surface area contributed by atoms with Crippen molar-refractivity contribution < 1.29 is 14.3 Å². The van der Waals surface area contributed by atoms with E-state index in [4.69, 9.17) is 0 Å². The zero-order valence-electron chi connectivity index (χ0n) is 9.82. The second kappa shape index (κ2) is 5.45. The van der Waals surface area contributed by atoms with Crippen molar-refractivity contribution in [1.82, 2.24) is 0 Å². The molecule has 0 spiro atoms. The Morgan fingerprint density at radius 1 is 1.19 bits per heavy atom. The molecular weight excluding hydrogens is 204 g/mol. The van der Waals surface area contributed by atoms with Gasteiger partial charge in [0.25, 0.3) is 0 Å². The molecule has 1 rings (SSSR count). The summed E-state index contributed by atoms with van der Waals surface area (Å²) in [5, 5.41) is 0. The van der Waals surface area contributed by atoms with Gasteiger partial charge in [-0.2, -0.15) is 0 Å². The predicted octanol–water partition coefficient (Wildman–Crippen LogP) is 2.70. The minimum atomic E-state index is -0.387. The van der Waals surface area contributed by atoms with Crippen LogP contribution in [0.1, 0.15) is 41.0 Å². The molecule has 0 aliphatic carbocycles. The van der Waals surface area contributed by atoms with Gasteiger partial charge in [-0.3, -0.25) is 4.79 Å². The van der Waals surface area contributed by atoms with E-state index in [9.17, 15) is 9.59 Å². The lowest BCUT2D eigenvalue weighted by molar-refractivity contribution is 0.0600. The number of Topliss-reactive ketones (excluding diaryl/α,β-unsaturated/α-hetero) is 1. The number of rotatable bonds is 4. The van der Waals surface area contributed by atoms with Gasteiger partial charge in [0.05, 0.1) is 12.7 Å². The number of ether oxygens (including phenoxy) is 1. The van der Waals surface area contributed by atoms with E-state index in [2.05, 4.69) is 4.74 Å². The number of ketones is 1. The molecule has 0 saturated heterocycles. The summed E-state index contributed by atoms with van der Waals surface area (Å²) in [5.74, 6) is -0.259. The van der Waals surface area contributed by atoms with Crippen molar-refractivity contribution in [2.45, 2.75) is 20.3 Å². The Balaban J connectivity index is 2.87. The zero-order valence-corrected chi connectivity index (χ0v) is 9.82. The molecule has 0 radical (unpaired) electrons. The molecule has 1 aromatic rings. The summed E-state index contributed by atoms with van der Waals surface area (Å²) in [6, 6.07) is 6.56. The van der Waals surface area contributed by atoms with Gasteiger partial charge in [0, 0.05) is 11.5 Å². The van der Waals surface area contributed by atoms with Crippen LogP contribution in [0.3, 0.4) is 0 Å². The van der Waals surface area contributed by atoms with Crippen LogP contribution in [0.5, 0.6) is 0 Å². The highest BCUT2D eigenvalue weighted by Gasteiger charge is 2.13. The molecule has 1 aromatic carbocycles. The summed E-state index contributed by atoms with van der Waals surface area (Å²) in [7, 11) is 1.33. The first kappa shape index (κ1) is 12.4. The third-order valence-electron chi connectivity index (χ3n) is 2.65. The molecule has 3 nitrogen and oxygen atoms in total. The van der Waals surface area contributed by atoms with E-state index in [1.165, 1.54) is 7.11 Å². The van der Waals surface area contributed by atoms with Crippen molar-refractivity contribution in [3.63, 3.8) is 0 Å². The minimum absolute atomic E-state index is 0.0176. The van der Waals surface area contributed by atoms with Crippen molar-refractivity contribution in [3.8, 4) is 0 Å². The van der Waals surface area contributed by atoms with E-state index in [1.54, 1.807) is 24.3 Å². The van der Waals surface area contributed by atoms with Crippen LogP contribution >= 0.6 is 0 Å². The average Bonchev–Trinajstić information content (AvgIpc) is 2.36. The molecule has 0 amide bonds. The Morgan fingerprint density at radius 2 is 1.69 bits per heavy atom. The molecule has 0 saturated carbocycles. The molecule has 0 aliphatic rings. The molecule has 0 bridgehead atoms. The fourth-order valence-corrected chi connectivity index (χ4v) is 1.36. The number of carbonyl (C=O) groups is 2. The largest absolute Gasteiger partial charge is 0.465 e. The summed E-state index contributed by atoms with van der Waals surface area (Å²) in [6.45, 7) is 3.88. The first-order valence-electron chi connectivity index (χ1n) is 5.32.